The number of aryl methyl sites for hydroxylation is 1. The number of methoxy groups -OCH3 is 2. The molecule has 1 saturated heterocycles. The second kappa shape index (κ2) is 17.6. The van der Waals surface area contributed by atoms with Gasteiger partial charge in [0.05, 0.1) is 38.2 Å². The van der Waals surface area contributed by atoms with Crippen molar-refractivity contribution in [3.63, 3.8) is 0 Å². The van der Waals surface area contributed by atoms with Gasteiger partial charge in [-0.1, -0.05) is 67.9 Å². The molecule has 0 bridgehead atoms. The van der Waals surface area contributed by atoms with Gasteiger partial charge in [-0.15, -0.1) is 0 Å². The van der Waals surface area contributed by atoms with E-state index in [2.05, 4.69) is 18.7 Å². The second-order valence-corrected chi connectivity index (χ2v) is 17.9. The van der Waals surface area contributed by atoms with Crippen LogP contribution in [-0.4, -0.2) is 54.2 Å². The number of benzene rings is 3. The van der Waals surface area contributed by atoms with Crippen molar-refractivity contribution >= 4 is 11.9 Å². The predicted octanol–water partition coefficient (Wildman–Crippen LogP) is 11.6. The normalized spacial score (nSPS) is 19.5. The summed E-state index contributed by atoms with van der Waals surface area (Å²) in [6.45, 7) is 8.02. The van der Waals surface area contributed by atoms with Crippen LogP contribution in [0.5, 0.6) is 5.75 Å². The topological polar surface area (TPSA) is 86.7 Å². The number of nitrogens with zero attached hydrogens (tertiary/aromatic N) is 4. The summed E-state index contributed by atoms with van der Waals surface area (Å²) in [6.07, 6.45) is 4.44. The lowest BCUT2D eigenvalue weighted by Crippen LogP contribution is -2.36. The number of hydrogen-bond acceptors (Lipinski definition) is 8. The maximum atomic E-state index is 17.9. The predicted molar refractivity (Wildman–Crippen MR) is 230 cm³/mol. The van der Waals surface area contributed by atoms with Crippen LogP contribution in [-0.2, 0) is 22.5 Å². The van der Waals surface area contributed by atoms with Gasteiger partial charge < -0.3 is 19.1 Å². The second-order valence-electron chi connectivity index (χ2n) is 17.9. The number of carbonyl (C=O) groups is 1. The molecule has 5 aromatic rings. The SMILES string of the molecule is COC(=O)c1cccc(-c2cnc(N3CCC(c4nc5c(c(C6CCC(F)(F)CC6)c4[C@@H](F)c4ccc(C)cc4)[C@@H](OCc4ccc(OC)cc4)CC(C)(C)C5)CC3)nc2)c1. The monoisotopic (exact) mass is 832 g/mol. The summed E-state index contributed by atoms with van der Waals surface area (Å²) < 4.78 is 64.8. The van der Waals surface area contributed by atoms with Crippen molar-refractivity contribution in [2.75, 3.05) is 32.2 Å². The summed E-state index contributed by atoms with van der Waals surface area (Å²) in [5, 5.41) is 0. The Balaban J connectivity index is 1.16. The molecule has 3 aromatic carbocycles. The van der Waals surface area contributed by atoms with Crippen molar-refractivity contribution in [2.45, 2.75) is 109 Å². The van der Waals surface area contributed by atoms with E-state index in [4.69, 9.17) is 29.2 Å². The number of alkyl halides is 3. The summed E-state index contributed by atoms with van der Waals surface area (Å²) in [5.41, 5.74) is 8.34. The molecule has 2 aromatic heterocycles. The number of pyridine rings is 1. The lowest BCUT2D eigenvalue weighted by atomic mass is 9.68. The Hall–Kier alpha value is -5.29. The van der Waals surface area contributed by atoms with E-state index in [1.54, 1.807) is 37.7 Å². The molecule has 0 unspecified atom stereocenters. The average Bonchev–Trinajstić information content (AvgIpc) is 3.27. The Morgan fingerprint density at radius 1 is 0.869 bits per heavy atom. The fourth-order valence-electron chi connectivity index (χ4n) is 9.57. The van der Waals surface area contributed by atoms with E-state index in [0.29, 0.717) is 68.0 Å². The molecule has 320 valence electrons. The number of esters is 1. The summed E-state index contributed by atoms with van der Waals surface area (Å²) in [6, 6.07) is 22.5. The van der Waals surface area contributed by atoms with Gasteiger partial charge in [-0.25, -0.2) is 27.9 Å². The summed E-state index contributed by atoms with van der Waals surface area (Å²) in [7, 11) is 2.99. The highest BCUT2D eigenvalue weighted by Crippen LogP contribution is 2.53. The number of anilines is 1. The zero-order chi connectivity index (χ0) is 42.9. The highest BCUT2D eigenvalue weighted by Gasteiger charge is 2.44. The van der Waals surface area contributed by atoms with Crippen LogP contribution in [0.1, 0.15) is 138 Å². The molecule has 1 saturated carbocycles. The van der Waals surface area contributed by atoms with E-state index in [9.17, 15) is 13.6 Å². The van der Waals surface area contributed by atoms with Gasteiger partial charge in [-0.2, -0.15) is 0 Å². The van der Waals surface area contributed by atoms with Crippen LogP contribution in [0.25, 0.3) is 11.1 Å². The number of halogens is 3. The Morgan fingerprint density at radius 2 is 1.56 bits per heavy atom. The van der Waals surface area contributed by atoms with Gasteiger partial charge in [0.2, 0.25) is 11.9 Å². The van der Waals surface area contributed by atoms with Gasteiger partial charge in [0.1, 0.15) is 5.75 Å². The fourth-order valence-corrected chi connectivity index (χ4v) is 9.57. The average molecular weight is 833 g/mol. The number of piperidine rings is 1. The summed E-state index contributed by atoms with van der Waals surface area (Å²) in [5.74, 6) is -2.14. The molecule has 1 aliphatic heterocycles. The molecule has 11 heteroatoms. The third kappa shape index (κ3) is 9.32. The lowest BCUT2D eigenvalue weighted by Gasteiger charge is -2.42. The lowest BCUT2D eigenvalue weighted by molar-refractivity contribution is -0.0390. The zero-order valence-corrected chi connectivity index (χ0v) is 35.7. The quantitative estimate of drug-likeness (QED) is 0.122. The first kappa shape index (κ1) is 42.4. The molecular formula is C50H55F3N4O4. The molecule has 2 aliphatic carbocycles. The first-order chi connectivity index (χ1) is 29.3. The van der Waals surface area contributed by atoms with E-state index in [0.717, 1.165) is 50.5 Å². The minimum absolute atomic E-state index is 0.0759. The van der Waals surface area contributed by atoms with Crippen molar-refractivity contribution in [3.8, 4) is 16.9 Å². The summed E-state index contributed by atoms with van der Waals surface area (Å²) >= 11 is 0. The number of carbonyl (C=O) groups excluding carboxylic acids is 1. The van der Waals surface area contributed by atoms with Crippen LogP contribution in [0, 0.1) is 12.3 Å². The molecule has 3 heterocycles. The van der Waals surface area contributed by atoms with E-state index >= 15 is 4.39 Å². The molecule has 2 atom stereocenters. The number of fused-ring (bicyclic) bond motifs is 1. The number of ether oxygens (including phenoxy) is 3. The largest absolute Gasteiger partial charge is 0.497 e. The van der Waals surface area contributed by atoms with Crippen LogP contribution in [0.3, 0.4) is 0 Å². The van der Waals surface area contributed by atoms with Crippen molar-refractivity contribution in [1.29, 1.82) is 0 Å². The zero-order valence-electron chi connectivity index (χ0n) is 35.7. The maximum absolute atomic E-state index is 17.9. The molecule has 0 radical (unpaired) electrons. The maximum Gasteiger partial charge on any atom is 0.337 e. The Bertz CT molecular complexity index is 2320. The Labute approximate surface area is 356 Å². The van der Waals surface area contributed by atoms with Gasteiger partial charge in [0, 0.05) is 66.6 Å². The van der Waals surface area contributed by atoms with E-state index < -0.39 is 24.2 Å². The molecular weight excluding hydrogens is 778 g/mol. The van der Waals surface area contributed by atoms with Gasteiger partial charge >= 0.3 is 5.97 Å². The van der Waals surface area contributed by atoms with E-state index in [-0.39, 0.29) is 42.9 Å². The standard InChI is InChI=1S/C50H55F3N4O4/c1-31-9-13-34(14-10-31)45(51)44-42(33-17-21-50(52,53)22-18-33)43-40(26-49(2,3)27-41(43)61-30-32-11-15-39(59-4)16-12-32)56-46(44)35-19-23-57(24-20-35)48-54-28-38(29-55-48)36-7-6-8-37(25-36)47(58)60-5/h6-16,25,28-29,33,35,41,45H,17-24,26-27,30H2,1-5H3/t41-,45-/m0/s1. The van der Waals surface area contributed by atoms with Crippen LogP contribution in [0.15, 0.2) is 85.2 Å². The fraction of sp³-hybridized carbons (Fsp3) is 0.440. The van der Waals surface area contributed by atoms with E-state index in [1.807, 2.05) is 61.5 Å². The minimum atomic E-state index is -2.74. The van der Waals surface area contributed by atoms with Crippen molar-refractivity contribution < 1.29 is 32.2 Å². The number of hydrogen-bond donors (Lipinski definition) is 0. The van der Waals surface area contributed by atoms with Gasteiger partial charge in [0.15, 0.2) is 6.17 Å². The van der Waals surface area contributed by atoms with Crippen LogP contribution in [0.2, 0.25) is 0 Å². The first-order valence-corrected chi connectivity index (χ1v) is 21.5. The van der Waals surface area contributed by atoms with Crippen LogP contribution >= 0.6 is 0 Å². The molecule has 8 rings (SSSR count). The van der Waals surface area contributed by atoms with Crippen molar-refractivity contribution in [2.24, 2.45) is 5.41 Å². The highest BCUT2D eigenvalue weighted by atomic mass is 19.3. The van der Waals surface area contributed by atoms with Gasteiger partial charge in [-0.05, 0) is 103 Å². The molecule has 8 nitrogen and oxygen atoms in total. The Morgan fingerprint density at radius 3 is 2.21 bits per heavy atom. The summed E-state index contributed by atoms with van der Waals surface area (Å²) in [4.78, 5) is 29.2. The van der Waals surface area contributed by atoms with Gasteiger partial charge in [0.25, 0.3) is 0 Å². The Kier molecular flexibility index (Phi) is 12.2. The third-order valence-electron chi connectivity index (χ3n) is 12.9. The van der Waals surface area contributed by atoms with Crippen molar-refractivity contribution in [1.82, 2.24) is 15.0 Å². The molecule has 2 fully saturated rings. The van der Waals surface area contributed by atoms with Crippen molar-refractivity contribution in [3.05, 3.63) is 136 Å². The number of rotatable bonds is 11. The van der Waals surface area contributed by atoms with Crippen LogP contribution < -0.4 is 9.64 Å². The molecule has 0 amide bonds. The molecule has 0 N–H and O–H groups in total. The van der Waals surface area contributed by atoms with Crippen LogP contribution in [0.4, 0.5) is 19.1 Å². The van der Waals surface area contributed by atoms with E-state index in [1.165, 1.54) is 7.11 Å². The smallest absolute Gasteiger partial charge is 0.337 e. The third-order valence-corrected chi connectivity index (χ3v) is 12.9. The number of aromatic nitrogens is 3. The molecule has 3 aliphatic rings. The molecule has 61 heavy (non-hydrogen) atoms. The van der Waals surface area contributed by atoms with Gasteiger partial charge in [-0.3, -0.25) is 4.98 Å². The first-order valence-electron chi connectivity index (χ1n) is 21.5. The molecule has 0 spiro atoms. The minimum Gasteiger partial charge on any atom is -0.497 e. The highest BCUT2D eigenvalue weighted by molar-refractivity contribution is 5.90.